The number of hydrogen-bond donors (Lipinski definition) is 0. The minimum Gasteiger partial charge on any atom is -0.309 e. The van der Waals surface area contributed by atoms with Crippen molar-refractivity contribution < 1.29 is 0 Å². The summed E-state index contributed by atoms with van der Waals surface area (Å²) >= 11 is 0. The Balaban J connectivity index is 1.27. The van der Waals surface area contributed by atoms with Crippen molar-refractivity contribution in [3.63, 3.8) is 0 Å². The first-order valence-corrected chi connectivity index (χ1v) is 18.0. The molecule has 5 nitrogen and oxygen atoms in total. The lowest BCUT2D eigenvalue weighted by atomic mass is 10.1. The highest BCUT2D eigenvalue weighted by molar-refractivity contribution is 6.13. The van der Waals surface area contributed by atoms with E-state index >= 15 is 0 Å². The second-order valence-electron chi connectivity index (χ2n) is 14.0. The molecule has 0 saturated heterocycles. The summed E-state index contributed by atoms with van der Waals surface area (Å²) in [5.74, 6) is 1.91. The lowest BCUT2D eigenvalue weighted by Gasteiger charge is -2.13. The summed E-state index contributed by atoms with van der Waals surface area (Å²) in [5, 5.41) is 4.75. The first kappa shape index (κ1) is 30.9. The summed E-state index contributed by atoms with van der Waals surface area (Å²) in [5.41, 5.74) is 13.1. The minimum absolute atomic E-state index is 0.631. The molecule has 7 aromatic carbocycles. The van der Waals surface area contributed by atoms with Gasteiger partial charge >= 0.3 is 0 Å². The summed E-state index contributed by atoms with van der Waals surface area (Å²) in [6, 6.07) is 56.0. The summed E-state index contributed by atoms with van der Waals surface area (Å²) in [6.07, 6.45) is 0. The van der Waals surface area contributed by atoms with Crippen LogP contribution in [0.3, 0.4) is 0 Å². The Morgan fingerprint density at radius 3 is 1.66 bits per heavy atom. The molecule has 0 atom stereocenters. The van der Waals surface area contributed by atoms with Gasteiger partial charge in [-0.05, 0) is 87.0 Å². The normalized spacial score (nSPS) is 11.7. The van der Waals surface area contributed by atoms with E-state index in [0.717, 1.165) is 50.0 Å². The topological polar surface area (TPSA) is 48.5 Å². The van der Waals surface area contributed by atoms with Crippen molar-refractivity contribution in [3.8, 4) is 45.5 Å². The Labute approximate surface area is 307 Å². The monoisotopic (exact) mass is 681 g/mol. The van der Waals surface area contributed by atoms with Gasteiger partial charge in [-0.3, -0.25) is 0 Å². The summed E-state index contributed by atoms with van der Waals surface area (Å²) in [7, 11) is 0. The molecule has 53 heavy (non-hydrogen) atoms. The van der Waals surface area contributed by atoms with Gasteiger partial charge in [0.25, 0.3) is 0 Å². The minimum atomic E-state index is 0.631. The first-order valence-electron chi connectivity index (χ1n) is 18.0. The molecule has 5 heteroatoms. The van der Waals surface area contributed by atoms with Gasteiger partial charge in [0.1, 0.15) is 0 Å². The number of aromatic nitrogens is 5. The fourth-order valence-corrected chi connectivity index (χ4v) is 8.03. The molecule has 0 fully saturated rings. The van der Waals surface area contributed by atoms with Crippen LogP contribution in [0, 0.1) is 20.8 Å². The molecule has 3 heterocycles. The molecule has 0 saturated carbocycles. The maximum atomic E-state index is 5.33. The molecule has 0 amide bonds. The Morgan fingerprint density at radius 1 is 0.358 bits per heavy atom. The quantitative estimate of drug-likeness (QED) is 0.182. The van der Waals surface area contributed by atoms with E-state index in [1.165, 1.54) is 38.4 Å². The number of fused-ring (bicyclic) bond motifs is 6. The molecule has 10 aromatic rings. The molecule has 0 bridgehead atoms. The second kappa shape index (κ2) is 12.1. The van der Waals surface area contributed by atoms with Gasteiger partial charge in [0, 0.05) is 49.6 Å². The molecule has 252 valence electrons. The van der Waals surface area contributed by atoms with Crippen LogP contribution in [0.1, 0.15) is 16.7 Å². The smallest absolute Gasteiger partial charge is 0.166 e. The van der Waals surface area contributed by atoms with Gasteiger partial charge in [-0.25, -0.2) is 15.0 Å². The van der Waals surface area contributed by atoms with Crippen LogP contribution >= 0.6 is 0 Å². The van der Waals surface area contributed by atoms with Crippen LogP contribution in [-0.4, -0.2) is 24.1 Å². The van der Waals surface area contributed by atoms with Gasteiger partial charge in [0.05, 0.1) is 22.1 Å². The molecule has 0 aliphatic carbocycles. The van der Waals surface area contributed by atoms with Crippen molar-refractivity contribution in [1.29, 1.82) is 0 Å². The van der Waals surface area contributed by atoms with E-state index in [1.807, 2.05) is 0 Å². The van der Waals surface area contributed by atoms with E-state index in [1.54, 1.807) is 0 Å². The van der Waals surface area contributed by atoms with Crippen LogP contribution in [0.2, 0.25) is 0 Å². The van der Waals surface area contributed by atoms with Crippen LogP contribution in [-0.2, 0) is 0 Å². The number of para-hydroxylation sites is 4. The number of nitrogens with zero attached hydrogens (tertiary/aromatic N) is 5. The van der Waals surface area contributed by atoms with Crippen LogP contribution in [0.5, 0.6) is 0 Å². The van der Waals surface area contributed by atoms with Crippen molar-refractivity contribution in [2.75, 3.05) is 0 Å². The van der Waals surface area contributed by atoms with Crippen molar-refractivity contribution in [3.05, 3.63) is 174 Å². The fraction of sp³-hybridized carbons (Fsp3) is 0.0625. The molecular formula is C48H35N5. The standard InChI is InChI=1S/C48H35N5/c1-30-21-23-38-39-24-22-33(29-44(39)52(43(38)28-30)35-13-6-4-7-14-35)46-49-47(34-26-31(2)25-32(3)27-34)51-48(50-46)41-19-12-18-40-37-17-10-11-20-42(37)53(45(40)41)36-15-8-5-9-16-36/h4-29H,1-3H3. The number of benzene rings is 7. The average Bonchev–Trinajstić information content (AvgIpc) is 3.70. The van der Waals surface area contributed by atoms with Crippen molar-refractivity contribution >= 4 is 43.6 Å². The second-order valence-corrected chi connectivity index (χ2v) is 14.0. The maximum Gasteiger partial charge on any atom is 0.166 e. The fourth-order valence-electron chi connectivity index (χ4n) is 8.03. The Hall–Kier alpha value is -6.85. The summed E-state index contributed by atoms with van der Waals surface area (Å²) in [4.78, 5) is 15.8. The van der Waals surface area contributed by atoms with Gasteiger partial charge in [-0.15, -0.1) is 0 Å². The third kappa shape index (κ3) is 5.12. The van der Waals surface area contributed by atoms with Crippen LogP contribution < -0.4 is 0 Å². The highest BCUT2D eigenvalue weighted by atomic mass is 15.1. The predicted molar refractivity (Wildman–Crippen MR) is 219 cm³/mol. The molecule has 10 rings (SSSR count). The van der Waals surface area contributed by atoms with Gasteiger partial charge in [0.2, 0.25) is 0 Å². The molecule has 0 aliphatic rings. The van der Waals surface area contributed by atoms with Crippen LogP contribution in [0.25, 0.3) is 89.2 Å². The lowest BCUT2D eigenvalue weighted by Crippen LogP contribution is -2.02. The van der Waals surface area contributed by atoms with Crippen molar-refractivity contribution in [2.24, 2.45) is 0 Å². The van der Waals surface area contributed by atoms with Gasteiger partial charge in [-0.2, -0.15) is 0 Å². The molecule has 3 aromatic heterocycles. The van der Waals surface area contributed by atoms with Crippen LogP contribution in [0.15, 0.2) is 158 Å². The van der Waals surface area contributed by atoms with E-state index in [4.69, 9.17) is 15.0 Å². The van der Waals surface area contributed by atoms with E-state index in [0.29, 0.717) is 17.5 Å². The van der Waals surface area contributed by atoms with Crippen molar-refractivity contribution in [1.82, 2.24) is 24.1 Å². The highest BCUT2D eigenvalue weighted by Crippen LogP contribution is 2.39. The Kier molecular flexibility index (Phi) is 7.08. The molecule has 0 spiro atoms. The SMILES string of the molecule is Cc1cc(C)cc(-c2nc(-c3ccc4c5ccc(C)cc5n(-c5ccccc5)c4c3)nc(-c3cccc4c5ccccc5n(-c5ccccc5)c34)n2)c1. The zero-order chi connectivity index (χ0) is 35.6. The number of hydrogen-bond acceptors (Lipinski definition) is 3. The lowest BCUT2D eigenvalue weighted by molar-refractivity contribution is 1.07. The molecule has 0 N–H and O–H groups in total. The zero-order valence-corrected chi connectivity index (χ0v) is 29.7. The maximum absolute atomic E-state index is 5.33. The Bertz CT molecular complexity index is 3010. The van der Waals surface area contributed by atoms with E-state index in [-0.39, 0.29) is 0 Å². The molecule has 0 aliphatic heterocycles. The number of aryl methyl sites for hydroxylation is 3. The summed E-state index contributed by atoms with van der Waals surface area (Å²) < 4.78 is 4.69. The third-order valence-corrected chi connectivity index (χ3v) is 10.3. The van der Waals surface area contributed by atoms with Gasteiger partial charge < -0.3 is 9.13 Å². The summed E-state index contributed by atoms with van der Waals surface area (Å²) in [6.45, 7) is 6.39. The van der Waals surface area contributed by atoms with Crippen molar-refractivity contribution in [2.45, 2.75) is 20.8 Å². The number of rotatable bonds is 5. The first-order chi connectivity index (χ1) is 26.0. The molecule has 0 unspecified atom stereocenters. The average molecular weight is 682 g/mol. The van der Waals surface area contributed by atoms with Crippen LogP contribution in [0.4, 0.5) is 0 Å². The Morgan fingerprint density at radius 2 is 0.925 bits per heavy atom. The zero-order valence-electron chi connectivity index (χ0n) is 29.7. The predicted octanol–water partition coefficient (Wildman–Crippen LogP) is 12.0. The third-order valence-electron chi connectivity index (χ3n) is 10.3. The molecular weight excluding hydrogens is 647 g/mol. The van der Waals surface area contributed by atoms with Gasteiger partial charge in [0.15, 0.2) is 17.5 Å². The van der Waals surface area contributed by atoms with E-state index in [9.17, 15) is 0 Å². The van der Waals surface area contributed by atoms with Gasteiger partial charge in [-0.1, -0.05) is 108 Å². The highest BCUT2D eigenvalue weighted by Gasteiger charge is 2.21. The van der Waals surface area contributed by atoms with E-state index in [2.05, 4.69) is 188 Å². The van der Waals surface area contributed by atoms with E-state index < -0.39 is 0 Å². The molecule has 0 radical (unpaired) electrons. The largest absolute Gasteiger partial charge is 0.309 e.